The van der Waals surface area contributed by atoms with Crippen LogP contribution in [0.25, 0.3) is 6.08 Å². The zero-order valence-corrected chi connectivity index (χ0v) is 18.7. The van der Waals surface area contributed by atoms with Gasteiger partial charge in [-0.05, 0) is 42.3 Å². The van der Waals surface area contributed by atoms with E-state index in [0.717, 1.165) is 5.56 Å². The molecule has 1 aliphatic heterocycles. The smallest absolute Gasteiger partial charge is 0.266 e. The second-order valence-corrected chi connectivity index (χ2v) is 8.29. The molecule has 2 aromatic carbocycles. The summed E-state index contributed by atoms with van der Waals surface area (Å²) >= 11 is 6.58. The molecule has 3 rings (SSSR count). The molecule has 1 fully saturated rings. The maximum atomic E-state index is 12.8. The number of ether oxygens (including phenoxy) is 2. The van der Waals surface area contributed by atoms with Crippen molar-refractivity contribution in [2.75, 3.05) is 26.1 Å². The van der Waals surface area contributed by atoms with Gasteiger partial charge in [0, 0.05) is 13.0 Å². The third kappa shape index (κ3) is 5.56. The lowest BCUT2D eigenvalue weighted by Crippen LogP contribution is -2.29. The first-order chi connectivity index (χ1) is 14.9. The number of thiocarbonyl (C=S) groups is 1. The highest BCUT2D eigenvalue weighted by molar-refractivity contribution is 8.26. The minimum Gasteiger partial charge on any atom is -0.506 e. The van der Waals surface area contributed by atoms with Crippen molar-refractivity contribution in [3.63, 3.8) is 0 Å². The molecule has 0 spiro atoms. The zero-order chi connectivity index (χ0) is 22.4. The van der Waals surface area contributed by atoms with Crippen LogP contribution in [0, 0.1) is 0 Å². The normalized spacial score (nSPS) is 14.8. The largest absolute Gasteiger partial charge is 0.506 e. The van der Waals surface area contributed by atoms with E-state index in [2.05, 4.69) is 5.32 Å². The summed E-state index contributed by atoms with van der Waals surface area (Å²) < 4.78 is 11.0. The average molecular weight is 459 g/mol. The van der Waals surface area contributed by atoms with Crippen molar-refractivity contribution in [3.8, 4) is 17.2 Å². The number of benzene rings is 2. The molecule has 0 radical (unpaired) electrons. The first-order valence-electron chi connectivity index (χ1n) is 9.48. The number of para-hydroxylation sites is 2. The first-order valence-corrected chi connectivity index (χ1v) is 10.7. The lowest BCUT2D eigenvalue weighted by Gasteiger charge is -2.14. The van der Waals surface area contributed by atoms with Gasteiger partial charge in [-0.15, -0.1) is 0 Å². The molecule has 0 unspecified atom stereocenters. The van der Waals surface area contributed by atoms with E-state index in [0.29, 0.717) is 39.4 Å². The predicted molar refractivity (Wildman–Crippen MR) is 125 cm³/mol. The molecule has 1 saturated heterocycles. The van der Waals surface area contributed by atoms with Crippen LogP contribution in [0.1, 0.15) is 18.4 Å². The highest BCUT2D eigenvalue weighted by Gasteiger charge is 2.31. The van der Waals surface area contributed by atoms with Gasteiger partial charge in [-0.25, -0.2) is 0 Å². The molecule has 7 nitrogen and oxygen atoms in total. The Balaban J connectivity index is 1.58. The molecule has 1 heterocycles. The summed E-state index contributed by atoms with van der Waals surface area (Å²) in [7, 11) is 3.11. The van der Waals surface area contributed by atoms with Crippen LogP contribution in [0.3, 0.4) is 0 Å². The summed E-state index contributed by atoms with van der Waals surface area (Å²) in [5.74, 6) is 0.753. The van der Waals surface area contributed by atoms with Crippen molar-refractivity contribution in [2.45, 2.75) is 12.8 Å². The molecule has 162 valence electrons. The summed E-state index contributed by atoms with van der Waals surface area (Å²) in [6, 6.07) is 11.9. The topological polar surface area (TPSA) is 88.1 Å². The first kappa shape index (κ1) is 22.6. The van der Waals surface area contributed by atoms with Gasteiger partial charge in [0.1, 0.15) is 10.1 Å². The van der Waals surface area contributed by atoms with Crippen molar-refractivity contribution in [3.05, 3.63) is 52.9 Å². The summed E-state index contributed by atoms with van der Waals surface area (Å²) in [5.41, 5.74) is 1.15. The Labute approximate surface area is 190 Å². The molecule has 1 aliphatic rings. The highest BCUT2D eigenvalue weighted by atomic mass is 32.2. The van der Waals surface area contributed by atoms with Gasteiger partial charge in [0.25, 0.3) is 5.91 Å². The Hall–Kier alpha value is -3.04. The summed E-state index contributed by atoms with van der Waals surface area (Å²) in [6.45, 7) is 0.335. The number of phenols is 1. The number of methoxy groups -OCH3 is 2. The quantitative estimate of drug-likeness (QED) is 0.351. The third-order valence-corrected chi connectivity index (χ3v) is 5.92. The Morgan fingerprint density at radius 3 is 2.65 bits per heavy atom. The standard InChI is InChI=1S/C22H22N2O5S2/c1-28-17-10-9-14(12-18(17)29-2)13-19-21(27)24(22(30)31-19)11-5-8-20(26)23-15-6-3-4-7-16(15)25/h3-4,6-7,9-10,12-13,25H,5,8,11H2,1-2H3,(H,23,26). The fourth-order valence-electron chi connectivity index (χ4n) is 2.98. The molecular formula is C22H22N2O5S2. The van der Waals surface area contributed by atoms with Gasteiger partial charge in [0.2, 0.25) is 5.91 Å². The minimum absolute atomic E-state index is 0.00749. The van der Waals surface area contributed by atoms with Crippen molar-refractivity contribution < 1.29 is 24.2 Å². The summed E-state index contributed by atoms with van der Waals surface area (Å²) in [4.78, 5) is 26.9. The van der Waals surface area contributed by atoms with E-state index >= 15 is 0 Å². The van der Waals surface area contributed by atoms with Crippen molar-refractivity contribution in [2.24, 2.45) is 0 Å². The number of thioether (sulfide) groups is 1. The molecule has 0 saturated carbocycles. The van der Waals surface area contributed by atoms with Gasteiger partial charge < -0.3 is 19.9 Å². The van der Waals surface area contributed by atoms with Crippen molar-refractivity contribution in [1.82, 2.24) is 4.90 Å². The number of carbonyl (C=O) groups is 2. The number of amides is 2. The number of nitrogens with one attached hydrogen (secondary N) is 1. The molecule has 2 N–H and O–H groups in total. The van der Waals surface area contributed by atoms with E-state index in [1.807, 2.05) is 6.07 Å². The van der Waals surface area contributed by atoms with Gasteiger partial charge in [-0.1, -0.05) is 42.2 Å². The van der Waals surface area contributed by atoms with Gasteiger partial charge in [-0.3, -0.25) is 14.5 Å². The molecule has 2 aromatic rings. The van der Waals surface area contributed by atoms with Gasteiger partial charge >= 0.3 is 0 Å². The molecule has 31 heavy (non-hydrogen) atoms. The van der Waals surface area contributed by atoms with E-state index in [1.165, 1.54) is 22.7 Å². The van der Waals surface area contributed by atoms with Crippen LogP contribution in [-0.2, 0) is 9.59 Å². The lowest BCUT2D eigenvalue weighted by molar-refractivity contribution is -0.122. The Morgan fingerprint density at radius 1 is 1.19 bits per heavy atom. The van der Waals surface area contributed by atoms with Gasteiger partial charge in [0.15, 0.2) is 11.5 Å². The van der Waals surface area contributed by atoms with Crippen LogP contribution in [0.15, 0.2) is 47.4 Å². The van der Waals surface area contributed by atoms with Crippen LogP contribution < -0.4 is 14.8 Å². The second-order valence-electron chi connectivity index (χ2n) is 6.62. The van der Waals surface area contributed by atoms with Crippen LogP contribution in [0.5, 0.6) is 17.2 Å². The van der Waals surface area contributed by atoms with Crippen LogP contribution in [0.4, 0.5) is 5.69 Å². The van der Waals surface area contributed by atoms with Crippen LogP contribution in [-0.4, -0.2) is 46.9 Å². The maximum Gasteiger partial charge on any atom is 0.266 e. The zero-order valence-electron chi connectivity index (χ0n) is 17.1. The fraction of sp³-hybridized carbons (Fsp3) is 0.227. The van der Waals surface area contributed by atoms with E-state index < -0.39 is 0 Å². The number of hydrogen-bond donors (Lipinski definition) is 2. The summed E-state index contributed by atoms with van der Waals surface area (Å²) in [6.07, 6.45) is 2.39. The number of hydrogen-bond acceptors (Lipinski definition) is 7. The second kappa shape index (κ2) is 10.3. The molecule has 9 heteroatoms. The highest BCUT2D eigenvalue weighted by Crippen LogP contribution is 2.34. The molecule has 0 aliphatic carbocycles. The van der Waals surface area contributed by atoms with E-state index in [4.69, 9.17) is 21.7 Å². The van der Waals surface area contributed by atoms with Gasteiger partial charge in [-0.2, -0.15) is 0 Å². The number of carbonyl (C=O) groups excluding carboxylic acids is 2. The SMILES string of the molecule is COc1ccc(C=C2SC(=S)N(CCCC(=O)Nc3ccccc3O)C2=O)cc1OC. The Bertz CT molecular complexity index is 1040. The third-order valence-electron chi connectivity index (χ3n) is 4.54. The lowest BCUT2D eigenvalue weighted by atomic mass is 10.2. The fourth-order valence-corrected chi connectivity index (χ4v) is 4.29. The van der Waals surface area contributed by atoms with Crippen LogP contribution >= 0.6 is 24.0 Å². The predicted octanol–water partition coefficient (Wildman–Crippen LogP) is 4.03. The van der Waals surface area contributed by atoms with Gasteiger partial charge in [0.05, 0.1) is 24.8 Å². The molecule has 2 amide bonds. The monoisotopic (exact) mass is 458 g/mol. The number of anilines is 1. The molecule has 0 atom stereocenters. The van der Waals surface area contributed by atoms with E-state index in [-0.39, 0.29) is 24.0 Å². The Kier molecular flexibility index (Phi) is 7.54. The summed E-state index contributed by atoms with van der Waals surface area (Å²) in [5, 5.41) is 12.4. The Morgan fingerprint density at radius 2 is 1.94 bits per heavy atom. The van der Waals surface area contributed by atoms with Crippen molar-refractivity contribution >= 4 is 51.9 Å². The number of nitrogens with zero attached hydrogens (tertiary/aromatic N) is 1. The average Bonchev–Trinajstić information content (AvgIpc) is 3.02. The number of phenolic OH excluding ortho intramolecular Hbond substituents is 1. The van der Waals surface area contributed by atoms with E-state index in [1.54, 1.807) is 50.6 Å². The van der Waals surface area contributed by atoms with Crippen molar-refractivity contribution in [1.29, 1.82) is 0 Å². The molecular weight excluding hydrogens is 436 g/mol. The van der Waals surface area contributed by atoms with Crippen LogP contribution in [0.2, 0.25) is 0 Å². The minimum atomic E-state index is -0.243. The maximum absolute atomic E-state index is 12.8. The molecule has 0 bridgehead atoms. The number of aromatic hydroxyl groups is 1. The molecule has 0 aromatic heterocycles. The number of rotatable bonds is 8. The van der Waals surface area contributed by atoms with E-state index in [9.17, 15) is 14.7 Å².